The van der Waals surface area contributed by atoms with Crippen LogP contribution in [0.15, 0.2) is 53.5 Å². The number of halogens is 2. The molecular formula is C21H22F2N2O3S. The van der Waals surface area contributed by atoms with E-state index in [4.69, 9.17) is 4.74 Å². The average Bonchev–Trinajstić information content (AvgIpc) is 3.02. The topological polar surface area (TPSA) is 56.0 Å². The molecule has 0 radical (unpaired) electrons. The highest BCUT2D eigenvalue weighted by Crippen LogP contribution is 2.28. The molecule has 0 aliphatic carbocycles. The molecule has 154 valence electrons. The number of thiazole rings is 1. The molecule has 2 aromatic carbocycles. The van der Waals surface area contributed by atoms with Gasteiger partial charge in [-0.05, 0) is 67.4 Å². The molecule has 1 heterocycles. The molecule has 0 amide bonds. The van der Waals surface area contributed by atoms with Crippen molar-refractivity contribution in [2.75, 3.05) is 13.7 Å². The normalized spacial score (nSPS) is 11.9. The summed E-state index contributed by atoms with van der Waals surface area (Å²) in [7, 11) is 1.63. The highest BCUT2D eigenvalue weighted by atomic mass is 32.1. The van der Waals surface area contributed by atoms with Crippen molar-refractivity contribution < 1.29 is 23.4 Å². The van der Waals surface area contributed by atoms with E-state index in [2.05, 4.69) is 14.3 Å². The van der Waals surface area contributed by atoms with E-state index in [9.17, 15) is 13.9 Å². The van der Waals surface area contributed by atoms with Crippen molar-refractivity contribution in [1.29, 1.82) is 0 Å². The molecule has 3 aromatic rings. The van der Waals surface area contributed by atoms with Crippen LogP contribution in [0.25, 0.3) is 11.3 Å². The third kappa shape index (κ3) is 5.21. The minimum absolute atomic E-state index is 0.0725. The Kier molecular flexibility index (Phi) is 7.00. The molecule has 0 bridgehead atoms. The summed E-state index contributed by atoms with van der Waals surface area (Å²) in [6.45, 7) is -0.153. The van der Waals surface area contributed by atoms with Gasteiger partial charge in [0, 0.05) is 18.0 Å². The van der Waals surface area contributed by atoms with Gasteiger partial charge >= 0.3 is 6.61 Å². The van der Waals surface area contributed by atoms with Crippen molar-refractivity contribution in [1.82, 2.24) is 4.57 Å². The highest BCUT2D eigenvalue weighted by molar-refractivity contribution is 7.09. The zero-order valence-corrected chi connectivity index (χ0v) is 17.0. The van der Waals surface area contributed by atoms with Gasteiger partial charge in [-0.2, -0.15) is 8.78 Å². The number of hydrogen-bond acceptors (Lipinski definition) is 5. The monoisotopic (exact) mass is 420 g/mol. The predicted octanol–water partition coefficient (Wildman–Crippen LogP) is 4.75. The third-order valence-corrected chi connectivity index (χ3v) is 5.26. The Morgan fingerprint density at radius 3 is 2.31 bits per heavy atom. The summed E-state index contributed by atoms with van der Waals surface area (Å²) in [5.74, 6) is 0.868. The number of rotatable bonds is 8. The van der Waals surface area contributed by atoms with Crippen molar-refractivity contribution in [2.45, 2.75) is 26.5 Å². The molecule has 0 spiro atoms. The van der Waals surface area contributed by atoms with Gasteiger partial charge in [0.15, 0.2) is 4.80 Å². The fourth-order valence-corrected chi connectivity index (χ4v) is 4.01. The second-order valence-corrected chi connectivity index (χ2v) is 7.41. The van der Waals surface area contributed by atoms with Crippen molar-refractivity contribution in [2.24, 2.45) is 4.99 Å². The summed E-state index contributed by atoms with van der Waals surface area (Å²) in [6, 6.07) is 14.0. The smallest absolute Gasteiger partial charge is 0.387 e. The second kappa shape index (κ2) is 9.67. The first-order chi connectivity index (χ1) is 14.0. The molecule has 0 atom stereocenters. The second-order valence-electron chi connectivity index (χ2n) is 6.23. The lowest BCUT2D eigenvalue weighted by atomic mass is 10.1. The fourth-order valence-electron chi connectivity index (χ4n) is 2.97. The van der Waals surface area contributed by atoms with E-state index >= 15 is 0 Å². The Morgan fingerprint density at radius 1 is 1.07 bits per heavy atom. The summed E-state index contributed by atoms with van der Waals surface area (Å²) in [5.41, 5.74) is 2.69. The number of aryl methyl sites for hydroxylation is 1. The van der Waals surface area contributed by atoms with Crippen LogP contribution in [0.4, 0.5) is 14.5 Å². The molecule has 8 heteroatoms. The molecule has 0 aliphatic heterocycles. The minimum Gasteiger partial charge on any atom is -0.497 e. The lowest BCUT2D eigenvalue weighted by Gasteiger charge is -2.10. The maximum atomic E-state index is 12.3. The number of aliphatic hydroxyl groups excluding tert-OH is 1. The first kappa shape index (κ1) is 21.0. The van der Waals surface area contributed by atoms with Crippen molar-refractivity contribution in [3.8, 4) is 22.8 Å². The first-order valence-corrected chi connectivity index (χ1v) is 9.88. The molecule has 0 saturated carbocycles. The zero-order valence-electron chi connectivity index (χ0n) is 16.1. The van der Waals surface area contributed by atoms with Crippen LogP contribution in [0, 0.1) is 6.92 Å². The Balaban J connectivity index is 2.02. The number of alkyl halides is 2. The molecular weight excluding hydrogens is 398 g/mol. The van der Waals surface area contributed by atoms with Gasteiger partial charge in [-0.1, -0.05) is 0 Å². The fraction of sp³-hybridized carbons (Fsp3) is 0.286. The van der Waals surface area contributed by atoms with Gasteiger partial charge in [-0.15, -0.1) is 11.3 Å². The van der Waals surface area contributed by atoms with Crippen LogP contribution >= 0.6 is 11.3 Å². The van der Waals surface area contributed by atoms with Crippen molar-refractivity contribution in [3.63, 3.8) is 0 Å². The number of aromatic nitrogens is 1. The van der Waals surface area contributed by atoms with Crippen molar-refractivity contribution in [3.05, 3.63) is 58.2 Å². The molecule has 1 N–H and O–H groups in total. The van der Waals surface area contributed by atoms with Gasteiger partial charge in [0.25, 0.3) is 0 Å². The van der Waals surface area contributed by atoms with Gasteiger partial charge < -0.3 is 19.1 Å². The quantitative estimate of drug-likeness (QED) is 0.572. The van der Waals surface area contributed by atoms with E-state index in [1.54, 1.807) is 19.2 Å². The van der Waals surface area contributed by atoms with Crippen LogP contribution in [0.2, 0.25) is 0 Å². The van der Waals surface area contributed by atoms with Gasteiger partial charge in [-0.3, -0.25) is 0 Å². The number of hydrogen-bond donors (Lipinski definition) is 1. The van der Waals surface area contributed by atoms with Crippen LogP contribution in [0.3, 0.4) is 0 Å². The minimum atomic E-state index is -2.86. The molecule has 3 rings (SSSR count). The summed E-state index contributed by atoms with van der Waals surface area (Å²) < 4.78 is 36.3. The van der Waals surface area contributed by atoms with Crippen LogP contribution in [0.5, 0.6) is 11.5 Å². The standard InChI is InChI=1S/C21H22F2N2O3S/c1-14-19(15-4-8-17(27-2)9-5-15)25(12-3-13-26)21(29-14)24-16-6-10-18(11-7-16)28-20(22)23/h4-11,20,26H,3,12-13H2,1-2H3. The van der Waals surface area contributed by atoms with E-state index < -0.39 is 6.61 Å². The van der Waals surface area contributed by atoms with Crippen LogP contribution in [0.1, 0.15) is 11.3 Å². The molecule has 5 nitrogen and oxygen atoms in total. The average molecular weight is 420 g/mol. The van der Waals surface area contributed by atoms with Crippen LogP contribution in [-0.4, -0.2) is 30.0 Å². The summed E-state index contributed by atoms with van der Waals surface area (Å²) in [4.78, 5) is 6.54. The number of benzene rings is 2. The molecule has 0 aliphatic rings. The van der Waals surface area contributed by atoms with Gasteiger partial charge in [-0.25, -0.2) is 4.99 Å². The largest absolute Gasteiger partial charge is 0.497 e. The number of ether oxygens (including phenoxy) is 2. The zero-order chi connectivity index (χ0) is 20.8. The number of methoxy groups -OCH3 is 1. The van der Waals surface area contributed by atoms with E-state index in [-0.39, 0.29) is 12.4 Å². The third-order valence-electron chi connectivity index (χ3n) is 4.27. The number of nitrogens with zero attached hydrogens (tertiary/aromatic N) is 2. The van der Waals surface area contributed by atoms with Crippen LogP contribution < -0.4 is 14.3 Å². The predicted molar refractivity (Wildman–Crippen MR) is 109 cm³/mol. The molecule has 0 unspecified atom stereocenters. The SMILES string of the molecule is COc1ccc(-c2c(C)sc(=Nc3ccc(OC(F)F)cc3)n2CCCO)cc1. The summed E-state index contributed by atoms with van der Waals surface area (Å²) in [6.07, 6.45) is 0.591. The summed E-state index contributed by atoms with van der Waals surface area (Å²) in [5, 5.41) is 9.32. The van der Waals surface area contributed by atoms with E-state index in [0.717, 1.165) is 26.7 Å². The maximum absolute atomic E-state index is 12.3. The molecule has 0 saturated heterocycles. The van der Waals surface area contributed by atoms with Crippen molar-refractivity contribution >= 4 is 17.0 Å². The first-order valence-electron chi connectivity index (χ1n) is 9.07. The highest BCUT2D eigenvalue weighted by Gasteiger charge is 2.13. The molecule has 0 fully saturated rings. The Hall–Kier alpha value is -2.71. The Bertz CT molecular complexity index is 996. The van der Waals surface area contributed by atoms with Gasteiger partial charge in [0.2, 0.25) is 0 Å². The lowest BCUT2D eigenvalue weighted by Crippen LogP contribution is -2.16. The number of aliphatic hydroxyl groups is 1. The van der Waals surface area contributed by atoms with Gasteiger partial charge in [0.05, 0.1) is 18.5 Å². The summed E-state index contributed by atoms with van der Waals surface area (Å²) >= 11 is 1.54. The maximum Gasteiger partial charge on any atom is 0.387 e. The Labute approximate surface area is 171 Å². The van der Waals surface area contributed by atoms with Crippen LogP contribution in [-0.2, 0) is 6.54 Å². The van der Waals surface area contributed by atoms with E-state index in [1.165, 1.54) is 23.5 Å². The van der Waals surface area contributed by atoms with E-state index in [0.29, 0.717) is 18.7 Å². The lowest BCUT2D eigenvalue weighted by molar-refractivity contribution is -0.0498. The van der Waals surface area contributed by atoms with Gasteiger partial charge in [0.1, 0.15) is 11.5 Å². The Morgan fingerprint density at radius 2 is 1.72 bits per heavy atom. The molecule has 29 heavy (non-hydrogen) atoms. The van der Waals surface area contributed by atoms with E-state index in [1.807, 2.05) is 31.2 Å². The molecule has 1 aromatic heterocycles.